The van der Waals surface area contributed by atoms with Crippen LogP contribution in [0.2, 0.25) is 0 Å². The number of hydrogen-bond donors (Lipinski definition) is 1. The van der Waals surface area contributed by atoms with Crippen LogP contribution >= 0.6 is 28.1 Å². The molecule has 0 radical (unpaired) electrons. The summed E-state index contributed by atoms with van der Waals surface area (Å²) in [4.78, 5) is 13.6. The number of carbonyl (C=O) groups is 1. The molecular formula is C9H11BrN2O2S. The van der Waals surface area contributed by atoms with Gasteiger partial charge in [0.1, 0.15) is 0 Å². The van der Waals surface area contributed by atoms with Gasteiger partial charge in [-0.1, -0.05) is 12.2 Å². The topological polar surface area (TPSA) is 59.5 Å². The summed E-state index contributed by atoms with van der Waals surface area (Å²) in [5.74, 6) is -0.184. The van der Waals surface area contributed by atoms with E-state index in [-0.39, 0.29) is 16.9 Å². The summed E-state index contributed by atoms with van der Waals surface area (Å²) in [6.45, 7) is 1.77. The van der Waals surface area contributed by atoms with Gasteiger partial charge in [0.15, 0.2) is 4.67 Å². The second kappa shape index (κ2) is 4.76. The van der Waals surface area contributed by atoms with Crippen LogP contribution in [0.15, 0.2) is 21.4 Å². The maximum atomic E-state index is 11.9. The van der Waals surface area contributed by atoms with Gasteiger partial charge in [-0.3, -0.25) is 4.79 Å². The van der Waals surface area contributed by atoms with Crippen molar-refractivity contribution in [2.75, 3.05) is 7.05 Å². The number of rotatable bonds is 3. The third-order valence-corrected chi connectivity index (χ3v) is 3.12. The first-order valence-electron chi connectivity index (χ1n) is 4.24. The molecule has 0 spiro atoms. The van der Waals surface area contributed by atoms with Crippen LogP contribution in [0.3, 0.4) is 0 Å². The van der Waals surface area contributed by atoms with E-state index in [1.807, 2.05) is 0 Å². The molecule has 0 saturated carbocycles. The van der Waals surface area contributed by atoms with Crippen LogP contribution in [-0.2, 0) is 0 Å². The van der Waals surface area contributed by atoms with Crippen molar-refractivity contribution in [3.63, 3.8) is 0 Å². The van der Waals surface area contributed by atoms with E-state index >= 15 is 0 Å². The Bertz CT molecular complexity index is 391. The first kappa shape index (κ1) is 12.2. The Balaban J connectivity index is 2.86. The summed E-state index contributed by atoms with van der Waals surface area (Å²) in [6, 6.07) is 1.31. The van der Waals surface area contributed by atoms with Crippen molar-refractivity contribution in [2.45, 2.75) is 13.0 Å². The Kier molecular flexibility index (Phi) is 3.87. The number of halogens is 1. The van der Waals surface area contributed by atoms with Crippen molar-refractivity contribution in [3.05, 3.63) is 22.6 Å². The van der Waals surface area contributed by atoms with Gasteiger partial charge in [0.25, 0.3) is 5.91 Å². The lowest BCUT2D eigenvalue weighted by Gasteiger charge is -2.23. The molecule has 0 bridgehead atoms. The molecule has 1 heterocycles. The average molecular weight is 291 g/mol. The standard InChI is InChI=1S/C9H11BrN2O2S/c1-5(8(11)15)12(2)9(13)6-3-4-14-7(6)10/h3-5H,1-2H3,(H2,11,15). The maximum absolute atomic E-state index is 11.9. The van der Waals surface area contributed by atoms with E-state index in [0.29, 0.717) is 10.2 Å². The van der Waals surface area contributed by atoms with Gasteiger partial charge >= 0.3 is 0 Å². The van der Waals surface area contributed by atoms with E-state index in [4.69, 9.17) is 22.4 Å². The third kappa shape index (κ3) is 2.57. The number of nitrogens with two attached hydrogens (primary N) is 1. The molecular weight excluding hydrogens is 280 g/mol. The lowest BCUT2D eigenvalue weighted by Crippen LogP contribution is -2.42. The van der Waals surface area contributed by atoms with Crippen LogP contribution in [0.4, 0.5) is 0 Å². The number of carbonyl (C=O) groups excluding carboxylic acids is 1. The zero-order valence-corrected chi connectivity index (χ0v) is 10.8. The summed E-state index contributed by atoms with van der Waals surface area (Å²) in [6.07, 6.45) is 1.44. The molecule has 15 heavy (non-hydrogen) atoms. The number of thiocarbonyl (C=S) groups is 1. The molecule has 1 aromatic heterocycles. The van der Waals surface area contributed by atoms with E-state index in [1.54, 1.807) is 20.0 Å². The van der Waals surface area contributed by atoms with Gasteiger partial charge in [0, 0.05) is 7.05 Å². The average Bonchev–Trinajstić information content (AvgIpc) is 2.60. The highest BCUT2D eigenvalue weighted by atomic mass is 79.9. The fourth-order valence-electron chi connectivity index (χ4n) is 1.00. The van der Waals surface area contributed by atoms with Crippen molar-refractivity contribution in [1.29, 1.82) is 0 Å². The summed E-state index contributed by atoms with van der Waals surface area (Å²) < 4.78 is 5.39. The van der Waals surface area contributed by atoms with E-state index in [1.165, 1.54) is 11.2 Å². The summed E-state index contributed by atoms with van der Waals surface area (Å²) >= 11 is 7.97. The Morgan fingerprint density at radius 3 is 2.73 bits per heavy atom. The monoisotopic (exact) mass is 290 g/mol. The third-order valence-electron chi connectivity index (χ3n) is 2.16. The molecule has 1 unspecified atom stereocenters. The smallest absolute Gasteiger partial charge is 0.258 e. The van der Waals surface area contributed by atoms with Crippen LogP contribution in [0.25, 0.3) is 0 Å². The molecule has 1 amide bonds. The molecule has 2 N–H and O–H groups in total. The maximum Gasteiger partial charge on any atom is 0.258 e. The number of likely N-dealkylation sites (N-methyl/N-ethyl adjacent to an activating group) is 1. The molecule has 0 aromatic carbocycles. The highest BCUT2D eigenvalue weighted by Crippen LogP contribution is 2.19. The number of amides is 1. The molecule has 0 saturated heterocycles. The second-order valence-electron chi connectivity index (χ2n) is 3.10. The second-order valence-corrected chi connectivity index (χ2v) is 4.29. The molecule has 0 aliphatic rings. The Morgan fingerprint density at radius 2 is 2.33 bits per heavy atom. The number of hydrogen-bond acceptors (Lipinski definition) is 3. The van der Waals surface area contributed by atoms with Crippen LogP contribution in [0.1, 0.15) is 17.3 Å². The highest BCUT2D eigenvalue weighted by Gasteiger charge is 2.22. The first-order chi connectivity index (χ1) is 6.95. The highest BCUT2D eigenvalue weighted by molar-refractivity contribution is 9.10. The van der Waals surface area contributed by atoms with Crippen LogP contribution in [0.5, 0.6) is 0 Å². The SMILES string of the molecule is CC(C(N)=S)N(C)C(=O)c1ccoc1Br. The predicted molar refractivity (Wildman–Crippen MR) is 64.7 cm³/mol. The van der Waals surface area contributed by atoms with Crippen molar-refractivity contribution in [3.8, 4) is 0 Å². The fourth-order valence-corrected chi connectivity index (χ4v) is 1.57. The van der Waals surface area contributed by atoms with Crippen molar-refractivity contribution >= 4 is 39.0 Å². The quantitative estimate of drug-likeness (QED) is 0.863. The molecule has 6 heteroatoms. The molecule has 0 fully saturated rings. The lowest BCUT2D eigenvalue weighted by molar-refractivity contribution is 0.0777. The number of furan rings is 1. The summed E-state index contributed by atoms with van der Waals surface area (Å²) in [7, 11) is 1.64. The number of nitrogens with zero attached hydrogens (tertiary/aromatic N) is 1. The molecule has 1 atom stereocenters. The van der Waals surface area contributed by atoms with Gasteiger partial charge in [-0.25, -0.2) is 0 Å². The molecule has 82 valence electrons. The zero-order chi connectivity index (χ0) is 11.6. The van der Waals surface area contributed by atoms with Crippen molar-refractivity contribution in [1.82, 2.24) is 4.90 Å². The molecule has 0 aliphatic carbocycles. The summed E-state index contributed by atoms with van der Waals surface area (Å²) in [5, 5.41) is 0. The predicted octanol–water partition coefficient (Wildman–Crippen LogP) is 1.79. The van der Waals surface area contributed by atoms with Crippen LogP contribution < -0.4 is 5.73 Å². The van der Waals surface area contributed by atoms with Crippen molar-refractivity contribution in [2.24, 2.45) is 5.73 Å². The minimum absolute atomic E-state index is 0.184. The van der Waals surface area contributed by atoms with Gasteiger partial charge in [0.05, 0.1) is 22.9 Å². The van der Waals surface area contributed by atoms with Crippen LogP contribution in [0, 0.1) is 0 Å². The minimum atomic E-state index is -0.283. The van der Waals surface area contributed by atoms with Gasteiger partial charge in [-0.2, -0.15) is 0 Å². The van der Waals surface area contributed by atoms with Gasteiger partial charge in [-0.15, -0.1) is 0 Å². The van der Waals surface area contributed by atoms with Crippen molar-refractivity contribution < 1.29 is 9.21 Å². The van der Waals surface area contributed by atoms with Crippen LogP contribution in [-0.4, -0.2) is 28.9 Å². The van der Waals surface area contributed by atoms with Gasteiger partial charge in [-0.05, 0) is 28.9 Å². The van der Waals surface area contributed by atoms with E-state index in [0.717, 1.165) is 0 Å². The Labute approximate surface area is 102 Å². The minimum Gasteiger partial charge on any atom is -0.457 e. The van der Waals surface area contributed by atoms with E-state index in [2.05, 4.69) is 15.9 Å². The Hall–Kier alpha value is -0.880. The van der Waals surface area contributed by atoms with Gasteiger partial charge < -0.3 is 15.1 Å². The largest absolute Gasteiger partial charge is 0.457 e. The van der Waals surface area contributed by atoms with E-state index in [9.17, 15) is 4.79 Å². The molecule has 1 rings (SSSR count). The molecule has 1 aromatic rings. The summed E-state index contributed by atoms with van der Waals surface area (Å²) in [5.41, 5.74) is 5.93. The lowest BCUT2D eigenvalue weighted by atomic mass is 10.2. The molecule has 4 nitrogen and oxygen atoms in total. The van der Waals surface area contributed by atoms with E-state index < -0.39 is 0 Å². The van der Waals surface area contributed by atoms with Gasteiger partial charge in [0.2, 0.25) is 0 Å². The first-order valence-corrected chi connectivity index (χ1v) is 5.44. The molecule has 0 aliphatic heterocycles. The zero-order valence-electron chi connectivity index (χ0n) is 8.36. The normalized spacial score (nSPS) is 12.2. The fraction of sp³-hybridized carbons (Fsp3) is 0.333. The Morgan fingerprint density at radius 1 is 1.73 bits per heavy atom.